The average Bonchev–Trinajstić information content (AvgIpc) is 2.30. The van der Waals surface area contributed by atoms with E-state index in [0.29, 0.717) is 6.42 Å². The first kappa shape index (κ1) is 17.6. The van der Waals surface area contributed by atoms with Gasteiger partial charge < -0.3 is 20.3 Å². The number of allylic oxidation sites excluding steroid dienone is 1. The second kappa shape index (κ2) is 7.28. The number of hydrogen-bond acceptors (Lipinski definition) is 6. The molecule has 0 aromatic rings. The molecule has 1 rings (SSSR count). The van der Waals surface area contributed by atoms with Crippen LogP contribution in [0.4, 0.5) is 0 Å². The van der Waals surface area contributed by atoms with Crippen LogP contribution in [0, 0.1) is 0 Å². The predicted octanol–water partition coefficient (Wildman–Crippen LogP) is 0.437. The highest BCUT2D eigenvalue weighted by Gasteiger charge is 2.29. The van der Waals surface area contributed by atoms with Gasteiger partial charge in [-0.1, -0.05) is 12.2 Å². The summed E-state index contributed by atoms with van der Waals surface area (Å²) < 4.78 is 9.28. The summed E-state index contributed by atoms with van der Waals surface area (Å²) >= 11 is 0. The standard InChI is InChI=1S/C12H17NO5.ClH/c1-8(14)18-12(16)5-3-9(4-6-12)7-10(13)11(15)17-2;/h3-5,10,16H,6-7,13H2,1-2H3;1H/t10-,12?;/m0./s1. The fraction of sp³-hybridized carbons (Fsp3) is 0.500. The Labute approximate surface area is 117 Å². The van der Waals surface area contributed by atoms with Crippen LogP contribution in [0.3, 0.4) is 0 Å². The van der Waals surface area contributed by atoms with E-state index in [0.717, 1.165) is 5.57 Å². The Kier molecular flexibility index (Phi) is 6.75. The number of ether oxygens (including phenoxy) is 2. The first-order chi connectivity index (χ1) is 8.36. The van der Waals surface area contributed by atoms with E-state index in [2.05, 4.69) is 4.74 Å². The van der Waals surface area contributed by atoms with Gasteiger partial charge in [-0.3, -0.25) is 9.59 Å². The molecule has 0 aromatic heterocycles. The van der Waals surface area contributed by atoms with Crippen LogP contribution in [0.25, 0.3) is 0 Å². The molecule has 1 unspecified atom stereocenters. The van der Waals surface area contributed by atoms with Gasteiger partial charge in [0, 0.05) is 13.3 Å². The van der Waals surface area contributed by atoms with Crippen molar-refractivity contribution in [3.8, 4) is 0 Å². The van der Waals surface area contributed by atoms with Crippen molar-refractivity contribution in [1.29, 1.82) is 0 Å². The lowest BCUT2D eigenvalue weighted by Gasteiger charge is -2.26. The summed E-state index contributed by atoms with van der Waals surface area (Å²) in [6.07, 6.45) is 5.06. The Morgan fingerprint density at radius 2 is 2.21 bits per heavy atom. The Morgan fingerprint density at radius 3 is 2.63 bits per heavy atom. The quantitative estimate of drug-likeness (QED) is 0.576. The highest BCUT2D eigenvalue weighted by Crippen LogP contribution is 2.24. The van der Waals surface area contributed by atoms with Crippen LogP contribution >= 0.6 is 12.4 Å². The van der Waals surface area contributed by atoms with Crippen molar-refractivity contribution in [3.05, 3.63) is 23.8 Å². The number of aliphatic hydroxyl groups is 1. The summed E-state index contributed by atoms with van der Waals surface area (Å²) in [7, 11) is 1.27. The smallest absolute Gasteiger partial charge is 0.322 e. The van der Waals surface area contributed by atoms with Crippen LogP contribution < -0.4 is 5.73 Å². The minimum absolute atomic E-state index is 0. The second-order valence-corrected chi connectivity index (χ2v) is 4.09. The van der Waals surface area contributed by atoms with E-state index in [4.69, 9.17) is 10.5 Å². The maximum Gasteiger partial charge on any atom is 0.322 e. The van der Waals surface area contributed by atoms with Crippen LogP contribution in [0.2, 0.25) is 0 Å². The number of esters is 2. The zero-order valence-corrected chi connectivity index (χ0v) is 11.6. The summed E-state index contributed by atoms with van der Waals surface area (Å²) in [6.45, 7) is 1.22. The van der Waals surface area contributed by atoms with Crippen LogP contribution in [-0.4, -0.2) is 36.0 Å². The highest BCUT2D eigenvalue weighted by atomic mass is 35.5. The average molecular weight is 292 g/mol. The molecule has 6 nitrogen and oxygen atoms in total. The zero-order chi connectivity index (χ0) is 13.8. The molecule has 1 aliphatic rings. The molecule has 0 bridgehead atoms. The summed E-state index contributed by atoms with van der Waals surface area (Å²) in [5.74, 6) is -2.67. The molecule has 0 radical (unpaired) electrons. The van der Waals surface area contributed by atoms with Crippen LogP contribution in [0.5, 0.6) is 0 Å². The third kappa shape index (κ3) is 5.42. The Bertz CT molecular complexity index is 407. The van der Waals surface area contributed by atoms with Crippen molar-refractivity contribution in [2.45, 2.75) is 31.6 Å². The van der Waals surface area contributed by atoms with E-state index < -0.39 is 23.8 Å². The maximum atomic E-state index is 11.1. The fourth-order valence-corrected chi connectivity index (χ4v) is 1.62. The normalized spacial score (nSPS) is 22.8. The highest BCUT2D eigenvalue weighted by molar-refractivity contribution is 5.85. The third-order valence-corrected chi connectivity index (χ3v) is 2.49. The predicted molar refractivity (Wildman–Crippen MR) is 70.4 cm³/mol. The minimum Gasteiger partial charge on any atom is -0.468 e. The molecule has 0 saturated carbocycles. The number of methoxy groups -OCH3 is 1. The maximum absolute atomic E-state index is 11.1. The van der Waals surface area contributed by atoms with Crippen molar-refractivity contribution in [2.24, 2.45) is 5.73 Å². The number of halogens is 1. The molecule has 2 atom stereocenters. The van der Waals surface area contributed by atoms with Crippen molar-refractivity contribution in [3.63, 3.8) is 0 Å². The molecule has 19 heavy (non-hydrogen) atoms. The molecule has 0 heterocycles. The third-order valence-electron chi connectivity index (χ3n) is 2.49. The van der Waals surface area contributed by atoms with Gasteiger partial charge in [0.25, 0.3) is 0 Å². The van der Waals surface area contributed by atoms with Gasteiger partial charge >= 0.3 is 11.9 Å². The molecule has 0 saturated heterocycles. The Balaban J connectivity index is 0.00000324. The van der Waals surface area contributed by atoms with Crippen molar-refractivity contribution in [1.82, 2.24) is 0 Å². The van der Waals surface area contributed by atoms with E-state index in [9.17, 15) is 14.7 Å². The minimum atomic E-state index is -1.61. The molecule has 108 valence electrons. The number of carbonyl (C=O) groups is 2. The van der Waals surface area contributed by atoms with Gasteiger partial charge in [-0.15, -0.1) is 12.4 Å². The zero-order valence-electron chi connectivity index (χ0n) is 10.8. The number of nitrogens with two attached hydrogens (primary N) is 1. The van der Waals surface area contributed by atoms with E-state index in [1.165, 1.54) is 20.1 Å². The molecular formula is C12H18ClNO5. The monoisotopic (exact) mass is 291 g/mol. The van der Waals surface area contributed by atoms with E-state index in [1.54, 1.807) is 12.2 Å². The molecule has 3 N–H and O–H groups in total. The summed E-state index contributed by atoms with van der Waals surface area (Å²) in [6, 6.07) is -0.745. The number of carbonyl (C=O) groups excluding carboxylic acids is 2. The van der Waals surface area contributed by atoms with Gasteiger partial charge in [0.2, 0.25) is 5.79 Å². The number of hydrogen-bond donors (Lipinski definition) is 2. The van der Waals surface area contributed by atoms with E-state index in [-0.39, 0.29) is 18.8 Å². The van der Waals surface area contributed by atoms with Crippen LogP contribution in [0.1, 0.15) is 19.8 Å². The molecule has 0 spiro atoms. The Morgan fingerprint density at radius 1 is 1.58 bits per heavy atom. The van der Waals surface area contributed by atoms with E-state index in [1.807, 2.05) is 0 Å². The summed E-state index contributed by atoms with van der Waals surface area (Å²) in [4.78, 5) is 21.9. The largest absolute Gasteiger partial charge is 0.468 e. The lowest BCUT2D eigenvalue weighted by Crippen LogP contribution is -2.34. The lowest BCUT2D eigenvalue weighted by molar-refractivity contribution is -0.187. The summed E-state index contributed by atoms with van der Waals surface area (Å²) in [5.41, 5.74) is 6.39. The van der Waals surface area contributed by atoms with Gasteiger partial charge in [0.1, 0.15) is 6.04 Å². The van der Waals surface area contributed by atoms with Crippen LogP contribution in [0.15, 0.2) is 23.8 Å². The lowest BCUT2D eigenvalue weighted by atomic mass is 9.97. The first-order valence-electron chi connectivity index (χ1n) is 5.50. The second-order valence-electron chi connectivity index (χ2n) is 4.09. The molecule has 1 aliphatic carbocycles. The SMILES string of the molecule is COC(=O)[C@@H](N)CC1=CCC(O)(OC(C)=O)C=C1.Cl. The Hall–Kier alpha value is -1.37. The first-order valence-corrected chi connectivity index (χ1v) is 5.50. The molecule has 0 fully saturated rings. The molecule has 7 heteroatoms. The fourth-order valence-electron chi connectivity index (χ4n) is 1.62. The molecule has 0 aromatic carbocycles. The summed E-state index contributed by atoms with van der Waals surface area (Å²) in [5, 5.41) is 9.85. The van der Waals surface area contributed by atoms with Gasteiger partial charge in [0.15, 0.2) is 0 Å². The van der Waals surface area contributed by atoms with Crippen molar-refractivity contribution < 1.29 is 24.2 Å². The van der Waals surface area contributed by atoms with Gasteiger partial charge in [-0.2, -0.15) is 0 Å². The number of rotatable bonds is 4. The van der Waals surface area contributed by atoms with Crippen molar-refractivity contribution in [2.75, 3.05) is 7.11 Å². The van der Waals surface area contributed by atoms with Gasteiger partial charge in [0.05, 0.1) is 7.11 Å². The molecule has 0 amide bonds. The molecule has 0 aliphatic heterocycles. The van der Waals surface area contributed by atoms with Crippen molar-refractivity contribution >= 4 is 24.3 Å². The van der Waals surface area contributed by atoms with E-state index >= 15 is 0 Å². The van der Waals surface area contributed by atoms with Gasteiger partial charge in [-0.25, -0.2) is 0 Å². The molecular weight excluding hydrogens is 274 g/mol. The van der Waals surface area contributed by atoms with Gasteiger partial charge in [-0.05, 0) is 18.1 Å². The topological polar surface area (TPSA) is 98.8 Å². The van der Waals surface area contributed by atoms with Crippen LogP contribution in [-0.2, 0) is 19.1 Å².